The lowest BCUT2D eigenvalue weighted by molar-refractivity contribution is -0.0173. The van der Waals surface area contributed by atoms with Gasteiger partial charge in [-0.15, -0.1) is 21.5 Å². The molecule has 11 nitrogen and oxygen atoms in total. The van der Waals surface area contributed by atoms with Crippen LogP contribution in [0, 0.1) is 32.4 Å². The maximum atomic E-state index is 16.4. The summed E-state index contributed by atoms with van der Waals surface area (Å²) in [6.45, 7) is 10.6. The predicted molar refractivity (Wildman–Crippen MR) is 257 cm³/mol. The van der Waals surface area contributed by atoms with Crippen LogP contribution in [0.3, 0.4) is 0 Å². The maximum absolute atomic E-state index is 16.4. The molecule has 0 bridgehead atoms. The van der Waals surface area contributed by atoms with Gasteiger partial charge in [0.2, 0.25) is 0 Å². The number of piperidine rings is 1. The van der Waals surface area contributed by atoms with E-state index in [1.165, 1.54) is 22.6 Å². The van der Waals surface area contributed by atoms with E-state index in [0.29, 0.717) is 76.5 Å². The number of aromatic nitrogens is 4. The number of fused-ring (bicyclic) bond motifs is 4. The molecule has 0 unspecified atom stereocenters. The summed E-state index contributed by atoms with van der Waals surface area (Å²) < 4.78 is 40.5. The summed E-state index contributed by atoms with van der Waals surface area (Å²) in [5.74, 6) is 1.08. The number of hydrogen-bond acceptors (Lipinski definition) is 11. The van der Waals surface area contributed by atoms with E-state index < -0.39 is 17.2 Å². The lowest BCUT2D eigenvalue weighted by Crippen LogP contribution is -2.55. The van der Waals surface area contributed by atoms with Crippen molar-refractivity contribution in [1.82, 2.24) is 24.6 Å². The molecule has 3 aliphatic heterocycles. The molecule has 344 valence electrons. The van der Waals surface area contributed by atoms with Gasteiger partial charge in [-0.3, -0.25) is 14.5 Å². The van der Waals surface area contributed by atoms with Crippen molar-refractivity contribution < 1.29 is 23.4 Å². The van der Waals surface area contributed by atoms with Gasteiger partial charge in [0.1, 0.15) is 40.5 Å². The van der Waals surface area contributed by atoms with E-state index in [-0.39, 0.29) is 29.3 Å². The molecular weight excluding hydrogens is 867 g/mol. The van der Waals surface area contributed by atoms with Gasteiger partial charge < -0.3 is 24.4 Å². The summed E-state index contributed by atoms with van der Waals surface area (Å²) in [5, 5.41) is 32.3. The Balaban J connectivity index is 0.746. The Kier molecular flexibility index (Phi) is 11.3. The minimum Gasteiger partial charge on any atom is -0.508 e. The monoisotopic (exact) mass is 920 g/mol. The molecule has 0 radical (unpaired) electrons. The first kappa shape index (κ1) is 43.4. The molecule has 2 N–H and O–H groups in total. The van der Waals surface area contributed by atoms with Gasteiger partial charge in [0.25, 0.3) is 0 Å². The van der Waals surface area contributed by atoms with Crippen LogP contribution in [0.2, 0.25) is 0 Å². The maximum Gasteiger partial charge on any atom is 0.196 e. The number of β-amino-alcohol motifs (C(OH)–C–C–N with tert-alkyl or cyclic N) is 1. The fourth-order valence-electron chi connectivity index (χ4n) is 11.1. The number of nitrogens with zero attached hydrogens (tertiary/aromatic N) is 8. The average Bonchev–Trinajstić information content (AvgIpc) is 4.05. The number of piperazine rings is 1. The van der Waals surface area contributed by atoms with Gasteiger partial charge in [0.15, 0.2) is 11.7 Å². The first-order valence-electron chi connectivity index (χ1n) is 23.4. The summed E-state index contributed by atoms with van der Waals surface area (Å²) in [5.41, 5.74) is 8.06. The molecule has 7 aromatic rings. The van der Waals surface area contributed by atoms with Crippen molar-refractivity contribution in [3.8, 4) is 10.8 Å². The number of phenols is 1. The molecule has 67 heavy (non-hydrogen) atoms. The van der Waals surface area contributed by atoms with Gasteiger partial charge in [0, 0.05) is 79.5 Å². The lowest BCUT2D eigenvalue weighted by atomic mass is 9.69. The van der Waals surface area contributed by atoms with Gasteiger partial charge in [-0.25, -0.2) is 13.8 Å². The fourth-order valence-corrected chi connectivity index (χ4v) is 12.3. The van der Waals surface area contributed by atoms with Gasteiger partial charge in [-0.2, -0.15) is 0 Å². The van der Waals surface area contributed by atoms with E-state index in [1.807, 2.05) is 36.1 Å². The number of aromatic hydroxyl groups is 1. The van der Waals surface area contributed by atoms with Crippen LogP contribution in [-0.4, -0.2) is 92.0 Å². The van der Waals surface area contributed by atoms with Crippen molar-refractivity contribution in [1.29, 1.82) is 0 Å². The molecule has 3 aromatic heterocycles. The number of oxazole rings is 1. The largest absolute Gasteiger partial charge is 0.508 e. The zero-order valence-corrected chi connectivity index (χ0v) is 38.8. The van der Waals surface area contributed by atoms with Crippen molar-refractivity contribution in [2.45, 2.75) is 76.4 Å². The van der Waals surface area contributed by atoms with Crippen LogP contribution in [0.15, 0.2) is 107 Å². The van der Waals surface area contributed by atoms with Crippen molar-refractivity contribution in [2.75, 3.05) is 55.6 Å². The zero-order valence-electron chi connectivity index (χ0n) is 38.0. The first-order chi connectivity index (χ1) is 32.5. The number of phenolic OH excluding ortho intramolecular Hbond substituents is 1. The van der Waals surface area contributed by atoms with Gasteiger partial charge in [-0.05, 0) is 111 Å². The Morgan fingerprint density at radius 2 is 1.61 bits per heavy atom. The number of thiophene rings is 1. The molecule has 4 aromatic carbocycles. The van der Waals surface area contributed by atoms with Crippen molar-refractivity contribution >= 4 is 28.4 Å². The molecular formula is C53H54F2N8O3S. The number of benzene rings is 4. The van der Waals surface area contributed by atoms with Crippen molar-refractivity contribution in [3.63, 3.8) is 0 Å². The molecule has 11 rings (SSSR count). The second kappa shape index (κ2) is 17.5. The Labute approximate surface area is 393 Å². The molecule has 0 saturated carbocycles. The van der Waals surface area contributed by atoms with Crippen LogP contribution in [0.25, 0.3) is 5.00 Å². The molecule has 0 spiro atoms. The second-order valence-corrected chi connectivity index (χ2v) is 20.0. The Bertz CT molecular complexity index is 2950. The third kappa shape index (κ3) is 8.12. The smallest absolute Gasteiger partial charge is 0.196 e. The van der Waals surface area contributed by atoms with Gasteiger partial charge in [-0.1, -0.05) is 48.5 Å². The second-order valence-electron chi connectivity index (χ2n) is 18.8. The highest BCUT2D eigenvalue weighted by atomic mass is 32.1. The highest BCUT2D eigenvalue weighted by molar-refractivity contribution is 7.15. The molecule has 4 aliphatic rings. The standard InChI is InChI=1S/C53H54F2N8O3S/c1-32-33(2)67-52-48(32)50(57-45(30-47-56-19-26-66-47)51-59-58-34(3)63(51)52)36-9-12-38(13-10-36)61-20-17-53(65,18-21-61)31-60-22-24-62(25-23-60)46-29-43(54)42(28-44(46)55)49-40(35-7-5-4-6-8-35)15-11-37-27-39(64)14-16-41(37)49/h4-10,12-14,16,19,26-29,40,45,49,64-65H,11,15,17-18,20-25,30-31H2,1-3H3/t40-,45-,49+/m0/s1. The molecule has 3 atom stereocenters. The van der Waals surface area contributed by atoms with Crippen LogP contribution >= 0.6 is 11.3 Å². The number of aliphatic hydroxyl groups is 1. The van der Waals surface area contributed by atoms with Gasteiger partial charge in [0.05, 0.1) is 29.6 Å². The zero-order chi connectivity index (χ0) is 46.0. The van der Waals surface area contributed by atoms with Crippen molar-refractivity contribution in [2.24, 2.45) is 4.99 Å². The summed E-state index contributed by atoms with van der Waals surface area (Å²) in [6.07, 6.45) is 6.45. The Hall–Kier alpha value is -6.22. The third-order valence-electron chi connectivity index (χ3n) is 14.7. The van der Waals surface area contributed by atoms with Crippen LogP contribution in [0.5, 0.6) is 5.75 Å². The number of aryl methyl sites for hydroxylation is 3. The van der Waals surface area contributed by atoms with E-state index >= 15 is 8.78 Å². The van der Waals surface area contributed by atoms with E-state index in [9.17, 15) is 10.2 Å². The van der Waals surface area contributed by atoms with E-state index in [4.69, 9.17) is 9.41 Å². The summed E-state index contributed by atoms with van der Waals surface area (Å²) >= 11 is 1.73. The highest BCUT2D eigenvalue weighted by Gasteiger charge is 2.38. The van der Waals surface area contributed by atoms with E-state index in [0.717, 1.165) is 68.7 Å². The number of rotatable bonds is 9. The third-order valence-corrected chi connectivity index (χ3v) is 15.9. The molecule has 14 heteroatoms. The van der Waals surface area contributed by atoms with Crippen LogP contribution in [0.4, 0.5) is 20.2 Å². The minimum absolute atomic E-state index is 0.0308. The number of anilines is 2. The van der Waals surface area contributed by atoms with Crippen LogP contribution in [0.1, 0.15) is 98.5 Å². The molecule has 6 heterocycles. The average molecular weight is 921 g/mol. The van der Waals surface area contributed by atoms with Gasteiger partial charge >= 0.3 is 0 Å². The normalized spacial score (nSPS) is 20.5. The molecule has 2 fully saturated rings. The SMILES string of the molecule is Cc1sc2c(c1C)C(c1ccc(N3CCC(O)(CN4CCN(c5cc(F)c([C@H]6c7ccc(O)cc7CC[C@H]6c6ccccc6)cc5F)CC4)CC3)cc1)=N[C@@H](Cc1ncco1)c1nnc(C)n1-2. The Morgan fingerprint density at radius 1 is 0.836 bits per heavy atom. The van der Waals surface area contributed by atoms with Crippen LogP contribution in [-0.2, 0) is 12.8 Å². The predicted octanol–water partition coefficient (Wildman–Crippen LogP) is 9.38. The number of hydrogen-bond donors (Lipinski definition) is 2. The minimum atomic E-state index is -0.852. The molecule has 1 aliphatic carbocycles. The van der Waals surface area contributed by atoms with Crippen LogP contribution < -0.4 is 9.80 Å². The van der Waals surface area contributed by atoms with E-state index in [1.54, 1.807) is 35.9 Å². The summed E-state index contributed by atoms with van der Waals surface area (Å²) in [6, 6.07) is 26.4. The topological polar surface area (TPSA) is 119 Å². The highest BCUT2D eigenvalue weighted by Crippen LogP contribution is 2.48. The Morgan fingerprint density at radius 3 is 2.36 bits per heavy atom. The summed E-state index contributed by atoms with van der Waals surface area (Å²) in [4.78, 5) is 17.5. The quantitative estimate of drug-likeness (QED) is 0.146. The first-order valence-corrected chi connectivity index (χ1v) is 24.2. The molecule has 2 saturated heterocycles. The lowest BCUT2D eigenvalue weighted by Gasteiger charge is -2.44. The summed E-state index contributed by atoms with van der Waals surface area (Å²) in [7, 11) is 0. The number of aliphatic imine (C=N–C) groups is 1. The molecule has 0 amide bonds. The van der Waals surface area contributed by atoms with E-state index in [2.05, 4.69) is 79.8 Å². The van der Waals surface area contributed by atoms with Crippen molar-refractivity contribution in [3.05, 3.63) is 170 Å². The number of halogens is 2. The fraction of sp³-hybridized carbons (Fsp3) is 0.358.